The van der Waals surface area contributed by atoms with Crippen LogP contribution in [0.15, 0.2) is 30.8 Å². The number of methoxy groups -OCH3 is 1. The first-order chi connectivity index (χ1) is 27.7. The molecule has 14 nitrogen and oxygen atoms in total. The number of thioether (sulfide) groups is 1. The fourth-order valence-electron chi connectivity index (χ4n) is 7.34. The lowest BCUT2D eigenvalue weighted by Gasteiger charge is -2.40. The highest BCUT2D eigenvalue weighted by atomic mass is 32.2. The fraction of sp³-hybridized carbons (Fsp3) is 0.705. The van der Waals surface area contributed by atoms with Crippen LogP contribution in [0.4, 0.5) is 5.69 Å². The van der Waals surface area contributed by atoms with Crippen LogP contribution in [0.3, 0.4) is 0 Å². The topological polar surface area (TPSA) is 202 Å². The number of carbonyl (C=O) groups is 4. The summed E-state index contributed by atoms with van der Waals surface area (Å²) in [6.45, 7) is 16.1. The molecule has 1 aliphatic rings. The maximum Gasteiger partial charge on any atom is 0.316 e. The first kappa shape index (κ1) is 52.0. The molecule has 0 radical (unpaired) electrons. The normalized spacial score (nSPS) is 26.4. The summed E-state index contributed by atoms with van der Waals surface area (Å²) in [5, 5.41) is 31.4. The van der Waals surface area contributed by atoms with Crippen molar-refractivity contribution in [1.29, 1.82) is 5.41 Å². The molecule has 11 atom stereocenters. The van der Waals surface area contributed by atoms with E-state index >= 15 is 0 Å². The van der Waals surface area contributed by atoms with E-state index in [2.05, 4.69) is 6.58 Å². The average Bonchev–Trinajstić information content (AvgIpc) is 3.18. The molecule has 2 rings (SSSR count). The number of nitrogens with two attached hydrogens (primary N) is 1. The third-order valence-corrected chi connectivity index (χ3v) is 11.8. The lowest BCUT2D eigenvalue weighted by molar-refractivity contribution is -0.253. The van der Waals surface area contributed by atoms with Crippen molar-refractivity contribution in [2.75, 3.05) is 46.6 Å². The number of carbonyl (C=O) groups excluding carboxylic acids is 4. The zero-order valence-electron chi connectivity index (χ0n) is 37.0. The Kier molecular flexibility index (Phi) is 22.5. The number of ether oxygens (including phenoxy) is 4. The molecule has 334 valence electrons. The standard InChI is InChI=1S/C44H72N4O10S/c1-12-16-38(51)48(21-14-13-19-37(46)59-32(8)33-17-15-18-34(45)24-33)39-28(4)40(52)26(2)23-36(55-11)42(29(5)41(53)30(6)43(54)56-25-35(39)50)58-44(31(7)49)57-27(3)20-22-47(9)10/h15,17-18,24,26-31,35-36,39,42,44,46,49-50H,8,12-14,16,19-23,25,45H2,1-7,9-11H3/t26-,27-,28-,29+,30-,31-,35-,36+,39-,42-,44+/m1/s1. The predicted molar refractivity (Wildman–Crippen MR) is 233 cm³/mol. The van der Waals surface area contributed by atoms with Gasteiger partial charge in [0.25, 0.3) is 0 Å². The van der Waals surface area contributed by atoms with Crippen LogP contribution < -0.4 is 5.73 Å². The smallest absolute Gasteiger partial charge is 0.316 e. The molecule has 5 N–H and O–H groups in total. The van der Waals surface area contributed by atoms with Crippen LogP contribution in [0.2, 0.25) is 0 Å². The molecule has 0 saturated carbocycles. The van der Waals surface area contributed by atoms with E-state index in [4.69, 9.17) is 30.1 Å². The Balaban J connectivity index is 2.42. The quantitative estimate of drug-likeness (QED) is 0.0256. The molecule has 59 heavy (non-hydrogen) atoms. The van der Waals surface area contributed by atoms with Crippen molar-refractivity contribution in [1.82, 2.24) is 9.80 Å². The fourth-order valence-corrected chi connectivity index (χ4v) is 8.12. The van der Waals surface area contributed by atoms with Crippen LogP contribution in [-0.2, 0) is 38.1 Å². The number of benzene rings is 1. The summed E-state index contributed by atoms with van der Waals surface area (Å²) < 4.78 is 24.0. The molecule has 0 aromatic heterocycles. The number of hydrogen-bond acceptors (Lipinski definition) is 14. The Bertz CT molecular complexity index is 1540. The Morgan fingerprint density at radius 1 is 1.07 bits per heavy atom. The summed E-state index contributed by atoms with van der Waals surface area (Å²) in [6, 6.07) is 6.23. The van der Waals surface area contributed by atoms with Crippen molar-refractivity contribution < 1.29 is 48.3 Å². The van der Waals surface area contributed by atoms with Gasteiger partial charge in [-0.3, -0.25) is 24.6 Å². The maximum absolute atomic E-state index is 14.4. The number of nitrogens with one attached hydrogen (secondary N) is 1. The van der Waals surface area contributed by atoms with Gasteiger partial charge in [0.2, 0.25) is 5.91 Å². The van der Waals surface area contributed by atoms with Crippen LogP contribution in [-0.4, -0.2) is 132 Å². The third kappa shape index (κ3) is 16.3. The molecule has 1 saturated heterocycles. The van der Waals surface area contributed by atoms with Crippen molar-refractivity contribution >= 4 is 50.8 Å². The van der Waals surface area contributed by atoms with Crippen LogP contribution in [0.1, 0.15) is 99.0 Å². The summed E-state index contributed by atoms with van der Waals surface area (Å²) in [7, 11) is 5.33. The van der Waals surface area contributed by atoms with E-state index in [0.717, 1.165) is 12.1 Å². The van der Waals surface area contributed by atoms with E-state index in [9.17, 15) is 29.4 Å². The minimum absolute atomic E-state index is 0.0931. The lowest BCUT2D eigenvalue weighted by atomic mass is 9.80. The zero-order chi connectivity index (χ0) is 44.6. The Labute approximate surface area is 356 Å². The van der Waals surface area contributed by atoms with Gasteiger partial charge in [0, 0.05) is 48.4 Å². The molecule has 0 aliphatic carbocycles. The van der Waals surface area contributed by atoms with E-state index in [1.165, 1.54) is 37.6 Å². The van der Waals surface area contributed by atoms with E-state index in [-0.39, 0.29) is 37.2 Å². The van der Waals surface area contributed by atoms with Gasteiger partial charge >= 0.3 is 5.97 Å². The zero-order valence-corrected chi connectivity index (χ0v) is 37.8. The van der Waals surface area contributed by atoms with Gasteiger partial charge in [-0.05, 0) is 97.6 Å². The Morgan fingerprint density at radius 3 is 2.34 bits per heavy atom. The average molecular weight is 849 g/mol. The summed E-state index contributed by atoms with van der Waals surface area (Å²) in [6.07, 6.45) is -3.06. The molecule has 1 amide bonds. The summed E-state index contributed by atoms with van der Waals surface area (Å²) in [4.78, 5) is 59.8. The van der Waals surface area contributed by atoms with E-state index < -0.39 is 78.8 Å². The van der Waals surface area contributed by atoms with Crippen molar-refractivity contribution in [3.05, 3.63) is 36.4 Å². The van der Waals surface area contributed by atoms with Crippen LogP contribution in [0.5, 0.6) is 0 Å². The second kappa shape index (κ2) is 25.6. The number of unbranched alkanes of at least 4 members (excludes halogenated alkanes) is 1. The molecule has 0 bridgehead atoms. The van der Waals surface area contributed by atoms with E-state index in [1.807, 2.05) is 45.0 Å². The first-order valence-corrected chi connectivity index (χ1v) is 21.7. The van der Waals surface area contributed by atoms with E-state index in [1.54, 1.807) is 32.9 Å². The molecule has 0 spiro atoms. The molecule has 1 aromatic carbocycles. The SMILES string of the molecule is C=C(SC(=N)CCCCN(C(=O)CCC)[C@H]1[C@H](O)COC(=O)[C@H](C)C(=O)[C@H](C)[C@@H](O[C@H](O[C@H](C)CCN(C)C)[C@@H](C)O)[C@@H](OC)C[C@@H](C)C(=O)[C@@H]1C)c1cccc(N)c1. The minimum Gasteiger partial charge on any atom is -0.462 e. The summed E-state index contributed by atoms with van der Waals surface area (Å²) in [5.74, 6) is -5.73. The molecule has 1 aromatic rings. The van der Waals surface area contributed by atoms with Crippen LogP contribution in [0.25, 0.3) is 4.91 Å². The molecule has 1 aliphatic heterocycles. The molecule has 1 fully saturated rings. The molecule has 0 unspecified atom stereocenters. The molecule has 1 heterocycles. The predicted octanol–water partition coefficient (Wildman–Crippen LogP) is 5.57. The van der Waals surface area contributed by atoms with Crippen molar-refractivity contribution in [3.8, 4) is 0 Å². The highest BCUT2D eigenvalue weighted by Crippen LogP contribution is 2.32. The molecular formula is C44H72N4O10S. The van der Waals surface area contributed by atoms with Crippen LogP contribution in [0, 0.1) is 29.1 Å². The second-order valence-electron chi connectivity index (χ2n) is 16.3. The van der Waals surface area contributed by atoms with Gasteiger partial charge in [-0.1, -0.05) is 58.2 Å². The number of aliphatic hydroxyl groups is 2. The third-order valence-electron chi connectivity index (χ3n) is 10.9. The number of nitrogen functional groups attached to an aromatic ring is 1. The van der Waals surface area contributed by atoms with Crippen molar-refractivity contribution in [3.63, 3.8) is 0 Å². The largest absolute Gasteiger partial charge is 0.462 e. The molecular weight excluding hydrogens is 777 g/mol. The van der Waals surface area contributed by atoms with Gasteiger partial charge in [0.15, 0.2) is 12.1 Å². The van der Waals surface area contributed by atoms with Gasteiger partial charge in [-0.25, -0.2) is 0 Å². The lowest BCUT2D eigenvalue weighted by Crippen LogP contribution is -2.55. The van der Waals surface area contributed by atoms with Gasteiger partial charge in [0.05, 0.1) is 29.4 Å². The number of hydrogen-bond donors (Lipinski definition) is 4. The Hall–Kier alpha value is -3.18. The van der Waals surface area contributed by atoms with E-state index in [0.29, 0.717) is 47.7 Å². The number of rotatable bonds is 19. The van der Waals surface area contributed by atoms with Crippen molar-refractivity contribution in [2.45, 2.75) is 136 Å². The number of ketones is 2. The van der Waals surface area contributed by atoms with Crippen molar-refractivity contribution in [2.24, 2.45) is 23.7 Å². The summed E-state index contributed by atoms with van der Waals surface area (Å²) >= 11 is 1.25. The van der Waals surface area contributed by atoms with Gasteiger partial charge in [-0.15, -0.1) is 0 Å². The number of cyclic esters (lactones) is 1. The Morgan fingerprint density at radius 2 is 1.75 bits per heavy atom. The number of anilines is 1. The number of aliphatic hydroxyl groups excluding tert-OH is 2. The number of Topliss-reactive ketones (excluding diaryl/α,β-unsaturated/α-hetero) is 2. The van der Waals surface area contributed by atoms with Crippen LogP contribution >= 0.6 is 11.8 Å². The second-order valence-corrected chi connectivity index (χ2v) is 17.5. The number of esters is 1. The highest BCUT2D eigenvalue weighted by Gasteiger charge is 2.44. The number of amides is 1. The highest BCUT2D eigenvalue weighted by molar-refractivity contribution is 8.21. The molecule has 15 heteroatoms. The monoisotopic (exact) mass is 848 g/mol. The summed E-state index contributed by atoms with van der Waals surface area (Å²) in [5.41, 5.74) is 7.35. The first-order valence-electron chi connectivity index (χ1n) is 20.9. The van der Waals surface area contributed by atoms with Gasteiger partial charge in [-0.2, -0.15) is 0 Å². The minimum atomic E-state index is -1.45. The van der Waals surface area contributed by atoms with Gasteiger partial charge < -0.3 is 44.7 Å². The maximum atomic E-state index is 14.4. The number of nitrogens with zero attached hydrogens (tertiary/aromatic N) is 2. The van der Waals surface area contributed by atoms with Gasteiger partial charge in [0.1, 0.15) is 30.5 Å².